The van der Waals surface area contributed by atoms with E-state index >= 15 is 0 Å². The molecule has 3 rings (SSSR count). The van der Waals surface area contributed by atoms with Crippen LogP contribution in [0.4, 0.5) is 22.7 Å². The van der Waals surface area contributed by atoms with Crippen molar-refractivity contribution >= 4 is 22.7 Å². The lowest BCUT2D eigenvalue weighted by atomic mass is 10.1. The van der Waals surface area contributed by atoms with Crippen molar-refractivity contribution in [1.82, 2.24) is 0 Å². The van der Waals surface area contributed by atoms with Gasteiger partial charge in [0.15, 0.2) is 0 Å². The summed E-state index contributed by atoms with van der Waals surface area (Å²) in [5.74, 6) is 0. The quantitative estimate of drug-likeness (QED) is 0.581. The van der Waals surface area contributed by atoms with Gasteiger partial charge in [-0.3, -0.25) is 0 Å². The van der Waals surface area contributed by atoms with Gasteiger partial charge in [-0.05, 0) is 75.2 Å². The molecule has 0 fully saturated rings. The lowest BCUT2D eigenvalue weighted by Crippen LogP contribution is -1.98. The van der Waals surface area contributed by atoms with E-state index < -0.39 is 0 Å². The first kappa shape index (κ1) is 16.1. The van der Waals surface area contributed by atoms with E-state index in [9.17, 15) is 0 Å². The predicted octanol–water partition coefficient (Wildman–Crippen LogP) is 6.41. The first-order valence-corrected chi connectivity index (χ1v) is 8.30. The van der Waals surface area contributed by atoms with Gasteiger partial charge < -0.3 is 10.6 Å². The Hall–Kier alpha value is -2.74. The fourth-order valence-electron chi connectivity index (χ4n) is 2.67. The minimum Gasteiger partial charge on any atom is -0.355 e. The van der Waals surface area contributed by atoms with Crippen LogP contribution in [0.15, 0.2) is 60.7 Å². The minimum atomic E-state index is 1.11. The molecule has 0 aliphatic carbocycles. The molecule has 0 aromatic heterocycles. The monoisotopic (exact) mass is 316 g/mol. The van der Waals surface area contributed by atoms with Crippen LogP contribution < -0.4 is 10.6 Å². The molecule has 0 atom stereocenters. The molecule has 0 aliphatic heterocycles. The van der Waals surface area contributed by atoms with Crippen LogP contribution in [0.5, 0.6) is 0 Å². The van der Waals surface area contributed by atoms with Crippen molar-refractivity contribution in [2.75, 3.05) is 10.6 Å². The second kappa shape index (κ2) is 6.79. The summed E-state index contributed by atoms with van der Waals surface area (Å²) in [5, 5.41) is 7.02. The molecular weight excluding hydrogens is 292 g/mol. The maximum atomic E-state index is 3.51. The van der Waals surface area contributed by atoms with Crippen molar-refractivity contribution in [3.63, 3.8) is 0 Å². The first-order chi connectivity index (χ1) is 11.5. The Kier molecular flexibility index (Phi) is 4.57. The normalized spacial score (nSPS) is 10.5. The van der Waals surface area contributed by atoms with Crippen molar-refractivity contribution in [2.45, 2.75) is 27.7 Å². The topological polar surface area (TPSA) is 24.1 Å². The summed E-state index contributed by atoms with van der Waals surface area (Å²) in [6.07, 6.45) is 0. The summed E-state index contributed by atoms with van der Waals surface area (Å²) in [6, 6.07) is 21.3. The van der Waals surface area contributed by atoms with Crippen LogP contribution in [-0.2, 0) is 0 Å². The number of hydrogen-bond donors (Lipinski definition) is 2. The number of aryl methyl sites for hydroxylation is 4. The van der Waals surface area contributed by atoms with E-state index in [1.165, 1.54) is 22.3 Å². The Bertz CT molecular complexity index is 758. The Labute approximate surface area is 144 Å². The molecule has 24 heavy (non-hydrogen) atoms. The lowest BCUT2D eigenvalue weighted by Gasteiger charge is -2.16. The molecule has 2 heteroatoms. The van der Waals surface area contributed by atoms with Gasteiger partial charge in [-0.25, -0.2) is 0 Å². The van der Waals surface area contributed by atoms with E-state index in [0.29, 0.717) is 0 Å². The third kappa shape index (κ3) is 3.77. The number of nitrogens with one attached hydrogen (secondary N) is 2. The van der Waals surface area contributed by atoms with Gasteiger partial charge in [0.1, 0.15) is 0 Å². The minimum absolute atomic E-state index is 1.11. The Morgan fingerprint density at radius 2 is 0.833 bits per heavy atom. The number of hydrogen-bond acceptors (Lipinski definition) is 2. The van der Waals surface area contributed by atoms with Gasteiger partial charge in [-0.2, -0.15) is 0 Å². The Morgan fingerprint density at radius 1 is 0.500 bits per heavy atom. The third-order valence-electron chi connectivity index (χ3n) is 4.23. The summed E-state index contributed by atoms with van der Waals surface area (Å²) in [6.45, 7) is 8.47. The van der Waals surface area contributed by atoms with Gasteiger partial charge in [0.25, 0.3) is 0 Å². The standard InChI is InChI=1S/C22H24N2/c1-15-5-9-19(10-6-15)23-21-13-18(4)22(14-17(21)3)24-20-11-7-16(2)8-12-20/h5-14,23-24H,1-4H3. The second-order valence-corrected chi connectivity index (χ2v) is 6.46. The summed E-state index contributed by atoms with van der Waals surface area (Å²) in [7, 11) is 0. The van der Waals surface area contributed by atoms with Gasteiger partial charge in [0.2, 0.25) is 0 Å². The van der Waals surface area contributed by atoms with Crippen molar-refractivity contribution < 1.29 is 0 Å². The van der Waals surface area contributed by atoms with Crippen molar-refractivity contribution in [3.05, 3.63) is 82.9 Å². The molecule has 3 aromatic rings. The fraction of sp³-hybridized carbons (Fsp3) is 0.182. The number of benzene rings is 3. The van der Waals surface area contributed by atoms with Crippen molar-refractivity contribution in [2.24, 2.45) is 0 Å². The molecule has 0 unspecified atom stereocenters. The van der Waals surface area contributed by atoms with Crippen molar-refractivity contribution in [3.8, 4) is 0 Å². The molecule has 0 heterocycles. The second-order valence-electron chi connectivity index (χ2n) is 6.46. The van der Waals surface area contributed by atoms with Crippen LogP contribution in [0.2, 0.25) is 0 Å². The van der Waals surface area contributed by atoms with Gasteiger partial charge in [0.05, 0.1) is 0 Å². The molecule has 0 amide bonds. The highest BCUT2D eigenvalue weighted by molar-refractivity contribution is 5.72. The van der Waals surface area contributed by atoms with Gasteiger partial charge in [0, 0.05) is 22.7 Å². The van der Waals surface area contributed by atoms with Gasteiger partial charge in [-0.1, -0.05) is 35.4 Å². The summed E-state index contributed by atoms with van der Waals surface area (Å²) in [4.78, 5) is 0. The van der Waals surface area contributed by atoms with Crippen LogP contribution in [-0.4, -0.2) is 0 Å². The summed E-state index contributed by atoms with van der Waals surface area (Å²) >= 11 is 0. The third-order valence-corrected chi connectivity index (χ3v) is 4.23. The zero-order valence-corrected chi connectivity index (χ0v) is 14.8. The highest BCUT2D eigenvalue weighted by atomic mass is 14.9. The fourth-order valence-corrected chi connectivity index (χ4v) is 2.67. The summed E-state index contributed by atoms with van der Waals surface area (Å²) in [5.41, 5.74) is 9.49. The van der Waals surface area contributed by atoms with E-state index in [0.717, 1.165) is 22.7 Å². The zero-order valence-electron chi connectivity index (χ0n) is 14.8. The molecule has 2 N–H and O–H groups in total. The van der Waals surface area contributed by atoms with E-state index in [1.54, 1.807) is 0 Å². The van der Waals surface area contributed by atoms with Crippen LogP contribution in [0.1, 0.15) is 22.3 Å². The molecule has 0 saturated carbocycles. The maximum Gasteiger partial charge on any atom is 0.0418 e. The molecule has 0 bridgehead atoms. The molecule has 0 radical (unpaired) electrons. The molecule has 2 nitrogen and oxygen atoms in total. The van der Waals surface area contributed by atoms with Gasteiger partial charge >= 0.3 is 0 Å². The molecular formula is C22H24N2. The van der Waals surface area contributed by atoms with Crippen molar-refractivity contribution in [1.29, 1.82) is 0 Å². The molecule has 122 valence electrons. The van der Waals surface area contributed by atoms with E-state index in [1.807, 2.05) is 0 Å². The average Bonchev–Trinajstić information content (AvgIpc) is 2.56. The number of rotatable bonds is 4. The smallest absolute Gasteiger partial charge is 0.0418 e. The highest BCUT2D eigenvalue weighted by Gasteiger charge is 2.06. The largest absolute Gasteiger partial charge is 0.355 e. The molecule has 3 aromatic carbocycles. The Morgan fingerprint density at radius 3 is 1.17 bits per heavy atom. The van der Waals surface area contributed by atoms with Gasteiger partial charge in [-0.15, -0.1) is 0 Å². The van der Waals surface area contributed by atoms with Crippen LogP contribution >= 0.6 is 0 Å². The predicted molar refractivity (Wildman–Crippen MR) is 105 cm³/mol. The maximum absolute atomic E-state index is 3.51. The highest BCUT2D eigenvalue weighted by Crippen LogP contribution is 2.29. The molecule has 0 spiro atoms. The van der Waals surface area contributed by atoms with Crippen LogP contribution in [0.25, 0.3) is 0 Å². The van der Waals surface area contributed by atoms with E-state index in [-0.39, 0.29) is 0 Å². The number of anilines is 4. The lowest BCUT2D eigenvalue weighted by molar-refractivity contribution is 1.35. The van der Waals surface area contributed by atoms with E-state index in [2.05, 4.69) is 99.0 Å². The molecule has 0 aliphatic rings. The van der Waals surface area contributed by atoms with Crippen LogP contribution in [0.3, 0.4) is 0 Å². The van der Waals surface area contributed by atoms with Crippen LogP contribution in [0, 0.1) is 27.7 Å². The Balaban J connectivity index is 1.82. The zero-order chi connectivity index (χ0) is 17.1. The first-order valence-electron chi connectivity index (χ1n) is 8.30. The van der Waals surface area contributed by atoms with E-state index in [4.69, 9.17) is 0 Å². The average molecular weight is 316 g/mol. The SMILES string of the molecule is Cc1ccc(Nc2cc(C)c(Nc3ccc(C)cc3)cc2C)cc1. The summed E-state index contributed by atoms with van der Waals surface area (Å²) < 4.78 is 0. The molecule has 0 saturated heterocycles.